The Hall–Kier alpha value is -2.95. The molecule has 0 aromatic heterocycles. The number of nitrogens with two attached hydrogens (primary N) is 1. The number of hydrogen-bond acceptors (Lipinski definition) is 3. The van der Waals surface area contributed by atoms with Crippen molar-refractivity contribution < 1.29 is 14.4 Å². The lowest BCUT2D eigenvalue weighted by atomic mass is 9.94. The summed E-state index contributed by atoms with van der Waals surface area (Å²) in [6.07, 6.45) is 1.29. The van der Waals surface area contributed by atoms with E-state index in [2.05, 4.69) is 5.32 Å². The minimum atomic E-state index is -0.393. The van der Waals surface area contributed by atoms with Crippen molar-refractivity contribution in [2.75, 3.05) is 5.32 Å². The molecule has 0 saturated heterocycles. The highest BCUT2D eigenvalue weighted by Gasteiger charge is 2.13. The van der Waals surface area contributed by atoms with Crippen LogP contribution in [-0.4, -0.2) is 17.6 Å². The van der Waals surface area contributed by atoms with Gasteiger partial charge in [-0.15, -0.1) is 0 Å². The second-order valence-corrected chi connectivity index (χ2v) is 6.94. The van der Waals surface area contributed by atoms with Gasteiger partial charge in [0.1, 0.15) is 0 Å². The zero-order chi connectivity index (χ0) is 20.0. The highest BCUT2D eigenvalue weighted by atomic mass is 16.2. The van der Waals surface area contributed by atoms with Crippen molar-refractivity contribution in [2.24, 2.45) is 5.73 Å². The summed E-state index contributed by atoms with van der Waals surface area (Å²) in [4.78, 5) is 35.5. The fraction of sp³-hybridized carbons (Fsp3) is 0.318. The van der Waals surface area contributed by atoms with E-state index in [-0.39, 0.29) is 24.5 Å². The van der Waals surface area contributed by atoms with Crippen LogP contribution in [0.25, 0.3) is 0 Å². The van der Waals surface area contributed by atoms with Crippen LogP contribution in [0.3, 0.4) is 0 Å². The maximum Gasteiger partial charge on any atom is 0.224 e. The molecule has 0 atom stereocenters. The Bertz CT molecular complexity index is 831. The predicted octanol–water partition coefficient (Wildman–Crippen LogP) is 3.63. The van der Waals surface area contributed by atoms with Crippen LogP contribution in [0.15, 0.2) is 36.4 Å². The van der Waals surface area contributed by atoms with Crippen LogP contribution in [0.5, 0.6) is 0 Å². The number of anilines is 1. The molecule has 142 valence electrons. The first kappa shape index (κ1) is 20.4. The lowest BCUT2D eigenvalue weighted by Crippen LogP contribution is -2.14. The van der Waals surface area contributed by atoms with Gasteiger partial charge in [0, 0.05) is 24.1 Å². The van der Waals surface area contributed by atoms with E-state index in [4.69, 9.17) is 5.73 Å². The topological polar surface area (TPSA) is 89.3 Å². The van der Waals surface area contributed by atoms with Gasteiger partial charge in [-0.3, -0.25) is 14.4 Å². The number of primary amides is 1. The summed E-state index contributed by atoms with van der Waals surface area (Å²) in [6.45, 7) is 5.91. The average molecular weight is 366 g/mol. The minimum Gasteiger partial charge on any atom is -0.369 e. The van der Waals surface area contributed by atoms with Gasteiger partial charge >= 0.3 is 0 Å². The second-order valence-electron chi connectivity index (χ2n) is 6.94. The van der Waals surface area contributed by atoms with E-state index in [9.17, 15) is 14.4 Å². The molecular weight excluding hydrogens is 340 g/mol. The van der Waals surface area contributed by atoms with Crippen molar-refractivity contribution in [3.05, 3.63) is 64.2 Å². The Morgan fingerprint density at radius 1 is 0.926 bits per heavy atom. The Labute approximate surface area is 160 Å². The van der Waals surface area contributed by atoms with Crippen molar-refractivity contribution in [1.29, 1.82) is 0 Å². The molecule has 5 nitrogen and oxygen atoms in total. The maximum atomic E-state index is 12.5. The van der Waals surface area contributed by atoms with Crippen LogP contribution < -0.4 is 11.1 Å². The molecule has 0 bridgehead atoms. The third kappa shape index (κ3) is 6.06. The molecular formula is C22H26N2O3. The first-order chi connectivity index (χ1) is 12.8. The first-order valence-corrected chi connectivity index (χ1v) is 9.04. The quantitative estimate of drug-likeness (QED) is 0.699. The van der Waals surface area contributed by atoms with Gasteiger partial charge in [0.2, 0.25) is 11.8 Å². The predicted molar refractivity (Wildman–Crippen MR) is 107 cm³/mol. The molecule has 0 heterocycles. The molecule has 3 N–H and O–H groups in total. The minimum absolute atomic E-state index is 0.0774. The number of amides is 2. The molecule has 0 aliphatic heterocycles. The van der Waals surface area contributed by atoms with Gasteiger partial charge in [0.25, 0.3) is 0 Å². The molecule has 0 aliphatic carbocycles. The zero-order valence-corrected chi connectivity index (χ0v) is 16.1. The summed E-state index contributed by atoms with van der Waals surface area (Å²) in [5.74, 6) is -0.452. The van der Waals surface area contributed by atoms with E-state index < -0.39 is 5.91 Å². The molecule has 0 unspecified atom stereocenters. The molecule has 0 saturated carbocycles. The van der Waals surface area contributed by atoms with Crippen LogP contribution in [0, 0.1) is 20.8 Å². The van der Waals surface area contributed by atoms with Crippen molar-refractivity contribution >= 4 is 23.3 Å². The third-order valence-electron chi connectivity index (χ3n) is 4.38. The van der Waals surface area contributed by atoms with E-state index in [0.29, 0.717) is 18.5 Å². The van der Waals surface area contributed by atoms with E-state index in [1.807, 2.05) is 32.9 Å². The largest absolute Gasteiger partial charge is 0.369 e. The molecule has 0 radical (unpaired) electrons. The van der Waals surface area contributed by atoms with Gasteiger partial charge in [-0.1, -0.05) is 29.8 Å². The molecule has 0 aliphatic rings. The third-order valence-corrected chi connectivity index (χ3v) is 4.38. The number of hydrogen-bond donors (Lipinski definition) is 2. The summed E-state index contributed by atoms with van der Waals surface area (Å²) in [6, 6.07) is 11.0. The number of carbonyl (C=O) groups excluding carboxylic acids is 3. The Balaban J connectivity index is 1.84. The monoisotopic (exact) mass is 366 g/mol. The standard InChI is InChI=1S/C22H26N2O3/c1-14-11-15(2)22(16(3)12-14)19(25)5-4-6-21(27)24-18-9-7-17(8-10-18)13-20(23)26/h7-12H,4-6,13H2,1-3H3,(H2,23,26)(H,24,27). The first-order valence-electron chi connectivity index (χ1n) is 9.04. The van der Waals surface area contributed by atoms with Crippen LogP contribution in [0.4, 0.5) is 5.69 Å². The maximum absolute atomic E-state index is 12.5. The van der Waals surface area contributed by atoms with Gasteiger partial charge in [0.05, 0.1) is 6.42 Å². The number of nitrogens with one attached hydrogen (secondary N) is 1. The summed E-state index contributed by atoms with van der Waals surface area (Å²) in [7, 11) is 0. The van der Waals surface area contributed by atoms with Crippen LogP contribution >= 0.6 is 0 Å². The lowest BCUT2D eigenvalue weighted by molar-refractivity contribution is -0.117. The number of benzene rings is 2. The molecule has 2 amide bonds. The normalized spacial score (nSPS) is 10.5. The Morgan fingerprint density at radius 3 is 2.07 bits per heavy atom. The smallest absolute Gasteiger partial charge is 0.224 e. The fourth-order valence-electron chi connectivity index (χ4n) is 3.28. The van der Waals surface area contributed by atoms with Gasteiger partial charge in [-0.2, -0.15) is 0 Å². The summed E-state index contributed by atoms with van der Waals surface area (Å²) in [5.41, 5.74) is 10.5. The molecule has 27 heavy (non-hydrogen) atoms. The average Bonchev–Trinajstić information content (AvgIpc) is 2.55. The van der Waals surface area contributed by atoms with Gasteiger partial charge in [0.15, 0.2) is 5.78 Å². The lowest BCUT2D eigenvalue weighted by Gasteiger charge is -2.10. The number of ketones is 1. The van der Waals surface area contributed by atoms with Crippen molar-refractivity contribution in [3.8, 4) is 0 Å². The van der Waals surface area contributed by atoms with Crippen molar-refractivity contribution in [2.45, 2.75) is 46.5 Å². The highest BCUT2D eigenvalue weighted by Crippen LogP contribution is 2.19. The van der Waals surface area contributed by atoms with Gasteiger partial charge < -0.3 is 11.1 Å². The van der Waals surface area contributed by atoms with E-state index in [1.165, 1.54) is 0 Å². The number of rotatable bonds is 8. The highest BCUT2D eigenvalue weighted by molar-refractivity contribution is 5.99. The molecule has 2 aromatic carbocycles. The van der Waals surface area contributed by atoms with Crippen molar-refractivity contribution in [1.82, 2.24) is 0 Å². The summed E-state index contributed by atoms with van der Waals surface area (Å²) in [5, 5.41) is 2.80. The van der Waals surface area contributed by atoms with Gasteiger partial charge in [-0.25, -0.2) is 0 Å². The molecule has 5 heteroatoms. The Kier molecular flexibility index (Phi) is 6.88. The molecule has 2 rings (SSSR count). The number of carbonyl (C=O) groups is 3. The zero-order valence-electron chi connectivity index (χ0n) is 16.1. The second kappa shape index (κ2) is 9.12. The van der Waals surface area contributed by atoms with Crippen LogP contribution in [-0.2, 0) is 16.0 Å². The van der Waals surface area contributed by atoms with E-state index >= 15 is 0 Å². The molecule has 0 spiro atoms. The Morgan fingerprint density at radius 2 is 1.52 bits per heavy atom. The fourth-order valence-corrected chi connectivity index (χ4v) is 3.28. The number of aryl methyl sites for hydroxylation is 3. The van der Waals surface area contributed by atoms with Crippen molar-refractivity contribution in [3.63, 3.8) is 0 Å². The summed E-state index contributed by atoms with van der Waals surface area (Å²) >= 11 is 0. The summed E-state index contributed by atoms with van der Waals surface area (Å²) < 4.78 is 0. The van der Waals surface area contributed by atoms with Crippen LogP contribution in [0.1, 0.15) is 51.9 Å². The number of Topliss-reactive ketones (excluding diaryl/α,β-unsaturated/α-hetero) is 1. The van der Waals surface area contributed by atoms with Gasteiger partial charge in [-0.05, 0) is 56.0 Å². The molecule has 2 aromatic rings. The van der Waals surface area contributed by atoms with E-state index in [1.54, 1.807) is 24.3 Å². The van der Waals surface area contributed by atoms with Crippen LogP contribution in [0.2, 0.25) is 0 Å². The SMILES string of the molecule is Cc1cc(C)c(C(=O)CCCC(=O)Nc2ccc(CC(N)=O)cc2)c(C)c1. The molecule has 0 fully saturated rings. The van der Waals surface area contributed by atoms with E-state index in [0.717, 1.165) is 27.8 Å².